The number of hydrogen-bond acceptors (Lipinski definition) is 8. The number of carbonyl (C=O) groups is 2. The maximum atomic E-state index is 14.0. The van der Waals surface area contributed by atoms with E-state index in [1.54, 1.807) is 4.90 Å². The number of fused-ring (bicyclic) bond motifs is 1. The number of rotatable bonds is 5. The molecule has 232 valence electrons. The number of benzene rings is 1. The second kappa shape index (κ2) is 11.0. The van der Waals surface area contributed by atoms with Gasteiger partial charge in [-0.3, -0.25) is 9.69 Å². The van der Waals surface area contributed by atoms with Crippen molar-refractivity contribution in [1.82, 2.24) is 19.7 Å². The third-order valence-electron chi connectivity index (χ3n) is 10.5. The highest BCUT2D eigenvalue weighted by molar-refractivity contribution is 6.01. The Bertz CT molecular complexity index is 1540. The Morgan fingerprint density at radius 3 is 2.55 bits per heavy atom. The molecular weight excluding hydrogens is 560 g/mol. The largest absolute Gasteiger partial charge is 0.445 e. The average Bonchev–Trinajstić information content (AvgIpc) is 3.76. The van der Waals surface area contributed by atoms with Crippen LogP contribution in [0.3, 0.4) is 0 Å². The van der Waals surface area contributed by atoms with Crippen LogP contribution < -0.4 is 9.80 Å². The number of aromatic nitrogens is 3. The van der Waals surface area contributed by atoms with Gasteiger partial charge in [0.15, 0.2) is 12.0 Å². The summed E-state index contributed by atoms with van der Waals surface area (Å²) in [7, 11) is 0. The van der Waals surface area contributed by atoms with Crippen LogP contribution in [0.15, 0.2) is 42.5 Å². The molecule has 0 radical (unpaired) electrons. The first-order valence-electron chi connectivity index (χ1n) is 16.1. The Balaban J connectivity index is 1.02. The molecule has 8 rings (SSSR count). The van der Waals surface area contributed by atoms with Crippen LogP contribution in [0, 0.1) is 10.8 Å². The molecule has 5 saturated heterocycles. The highest BCUT2D eigenvalue weighted by Gasteiger charge is 2.52. The molecule has 5 fully saturated rings. The smallest absolute Gasteiger partial charge is 0.410 e. The number of carbonyl (C=O) groups excluding carboxylic acids is 2. The number of piperidine rings is 1. The Kier molecular flexibility index (Phi) is 6.97. The summed E-state index contributed by atoms with van der Waals surface area (Å²) in [6, 6.07) is 13.7. The zero-order valence-corrected chi connectivity index (χ0v) is 25.2. The van der Waals surface area contributed by atoms with E-state index in [0.717, 1.165) is 87.4 Å². The Morgan fingerprint density at radius 2 is 1.80 bits per heavy atom. The SMILES string of the molecule is O=C(OCc1ccccc1)N1CC[C@]2(CCN(c3ccc4c(n3)c(N3CCC5(CC3)COC5)nn4C3CCCCO3)C2=O)C1. The summed E-state index contributed by atoms with van der Waals surface area (Å²) in [5, 5.41) is 5.12. The standard InChI is InChI=1S/C33H40N6O5/c40-30-33(13-17-37(21-33)31(41)44-20-24-6-2-1-3-7-24)14-18-38(30)26-10-9-25-28(34-26)29(35-39(25)27-8-4-5-19-43-27)36-15-11-32(12-16-36)22-42-23-32/h1-3,6-7,9-10,27H,4-5,8,11-23H2/t27?,33-/m0/s1. The van der Waals surface area contributed by atoms with Gasteiger partial charge in [0.1, 0.15) is 17.9 Å². The van der Waals surface area contributed by atoms with E-state index in [4.69, 9.17) is 24.3 Å². The predicted octanol–water partition coefficient (Wildman–Crippen LogP) is 4.51. The predicted molar refractivity (Wildman–Crippen MR) is 163 cm³/mol. The lowest BCUT2D eigenvalue weighted by Gasteiger charge is -2.47. The monoisotopic (exact) mass is 600 g/mol. The van der Waals surface area contributed by atoms with E-state index >= 15 is 0 Å². The molecule has 0 bridgehead atoms. The summed E-state index contributed by atoms with van der Waals surface area (Å²) in [6.45, 7) is 5.96. The number of nitrogens with zero attached hydrogens (tertiary/aromatic N) is 6. The molecule has 1 aromatic carbocycles. The molecule has 0 N–H and O–H groups in total. The molecule has 11 heteroatoms. The van der Waals surface area contributed by atoms with Gasteiger partial charge < -0.3 is 24.0 Å². The van der Waals surface area contributed by atoms with Gasteiger partial charge >= 0.3 is 6.09 Å². The first kappa shape index (κ1) is 27.8. The molecular formula is C33H40N6O5. The van der Waals surface area contributed by atoms with Crippen LogP contribution in [0.25, 0.3) is 11.0 Å². The molecule has 2 aromatic heterocycles. The maximum absolute atomic E-state index is 14.0. The molecule has 11 nitrogen and oxygen atoms in total. The van der Waals surface area contributed by atoms with E-state index in [1.807, 2.05) is 46.0 Å². The van der Waals surface area contributed by atoms with Gasteiger partial charge in [0.2, 0.25) is 5.91 Å². The summed E-state index contributed by atoms with van der Waals surface area (Å²) in [4.78, 5) is 37.9. The minimum atomic E-state index is -0.600. The highest BCUT2D eigenvalue weighted by Crippen LogP contribution is 2.44. The van der Waals surface area contributed by atoms with E-state index in [0.29, 0.717) is 43.7 Å². The number of anilines is 2. The molecule has 5 aliphatic heterocycles. The van der Waals surface area contributed by atoms with Crippen molar-refractivity contribution in [1.29, 1.82) is 0 Å². The van der Waals surface area contributed by atoms with Gasteiger partial charge in [-0.15, -0.1) is 5.10 Å². The maximum Gasteiger partial charge on any atom is 0.410 e. The molecule has 5 aliphatic rings. The van der Waals surface area contributed by atoms with Gasteiger partial charge in [0, 0.05) is 44.7 Å². The van der Waals surface area contributed by atoms with Gasteiger partial charge in [0.25, 0.3) is 0 Å². The molecule has 1 unspecified atom stereocenters. The molecule has 0 saturated carbocycles. The van der Waals surface area contributed by atoms with Crippen LogP contribution in [0.5, 0.6) is 0 Å². The number of likely N-dealkylation sites (tertiary alicyclic amines) is 1. The first-order valence-corrected chi connectivity index (χ1v) is 16.1. The minimum Gasteiger partial charge on any atom is -0.445 e. The van der Waals surface area contributed by atoms with Crippen LogP contribution in [0.1, 0.15) is 56.7 Å². The molecule has 44 heavy (non-hydrogen) atoms. The molecule has 0 aliphatic carbocycles. The molecule has 2 atom stereocenters. The first-order chi connectivity index (χ1) is 21.5. The summed E-state index contributed by atoms with van der Waals surface area (Å²) in [5.41, 5.74) is 2.43. The number of pyridine rings is 1. The topological polar surface area (TPSA) is 102 Å². The summed E-state index contributed by atoms with van der Waals surface area (Å²) < 4.78 is 19.3. The van der Waals surface area contributed by atoms with Crippen molar-refractivity contribution in [3.05, 3.63) is 48.0 Å². The number of ether oxygens (including phenoxy) is 3. The molecule has 2 amide bonds. The molecule has 2 spiro atoms. The van der Waals surface area contributed by atoms with Gasteiger partial charge in [-0.25, -0.2) is 14.5 Å². The van der Waals surface area contributed by atoms with Crippen molar-refractivity contribution in [3.8, 4) is 0 Å². The fraction of sp³-hybridized carbons (Fsp3) is 0.576. The minimum absolute atomic E-state index is 0.0390. The van der Waals surface area contributed by atoms with E-state index in [1.165, 1.54) is 0 Å². The average molecular weight is 601 g/mol. The van der Waals surface area contributed by atoms with Crippen molar-refractivity contribution < 1.29 is 23.8 Å². The van der Waals surface area contributed by atoms with Crippen molar-refractivity contribution in [2.24, 2.45) is 10.8 Å². The lowest BCUT2D eigenvalue weighted by molar-refractivity contribution is -0.124. The van der Waals surface area contributed by atoms with Crippen molar-refractivity contribution in [3.63, 3.8) is 0 Å². The van der Waals surface area contributed by atoms with Gasteiger partial charge in [-0.05, 0) is 62.6 Å². The van der Waals surface area contributed by atoms with E-state index < -0.39 is 5.41 Å². The summed E-state index contributed by atoms with van der Waals surface area (Å²) in [6.07, 6.45) is 6.12. The summed E-state index contributed by atoms with van der Waals surface area (Å²) >= 11 is 0. The van der Waals surface area contributed by atoms with Crippen LogP contribution >= 0.6 is 0 Å². The molecule has 3 aromatic rings. The lowest BCUT2D eigenvalue weighted by atomic mass is 9.77. The lowest BCUT2D eigenvalue weighted by Crippen LogP contribution is -2.51. The zero-order valence-electron chi connectivity index (χ0n) is 25.2. The number of amides is 2. The quantitative estimate of drug-likeness (QED) is 0.422. The second-order valence-electron chi connectivity index (χ2n) is 13.3. The van der Waals surface area contributed by atoms with E-state index in [-0.39, 0.29) is 24.8 Å². The third kappa shape index (κ3) is 4.81. The van der Waals surface area contributed by atoms with Crippen molar-refractivity contribution in [2.45, 2.75) is 57.8 Å². The van der Waals surface area contributed by atoms with Gasteiger partial charge in [-0.2, -0.15) is 0 Å². The van der Waals surface area contributed by atoms with Gasteiger partial charge in [0.05, 0.1) is 24.1 Å². The van der Waals surface area contributed by atoms with E-state index in [2.05, 4.69) is 11.0 Å². The van der Waals surface area contributed by atoms with Crippen LogP contribution in [-0.4, -0.2) is 84.2 Å². The van der Waals surface area contributed by atoms with Crippen LogP contribution in [0.2, 0.25) is 0 Å². The zero-order chi connectivity index (χ0) is 29.7. The van der Waals surface area contributed by atoms with E-state index in [9.17, 15) is 9.59 Å². The molecule has 7 heterocycles. The Morgan fingerprint density at radius 1 is 0.977 bits per heavy atom. The number of hydrogen-bond donors (Lipinski definition) is 0. The van der Waals surface area contributed by atoms with Crippen LogP contribution in [0.4, 0.5) is 16.4 Å². The Labute approximate surface area is 257 Å². The fourth-order valence-corrected chi connectivity index (χ4v) is 7.62. The van der Waals surface area contributed by atoms with Crippen molar-refractivity contribution in [2.75, 3.05) is 62.3 Å². The normalized spacial score (nSPS) is 26.6. The Hall–Kier alpha value is -3.70. The fourth-order valence-electron chi connectivity index (χ4n) is 7.62. The highest BCUT2D eigenvalue weighted by atomic mass is 16.6. The van der Waals surface area contributed by atoms with Crippen LogP contribution in [-0.2, 0) is 25.6 Å². The second-order valence-corrected chi connectivity index (χ2v) is 13.3. The van der Waals surface area contributed by atoms with Gasteiger partial charge in [-0.1, -0.05) is 30.3 Å². The van der Waals surface area contributed by atoms with Crippen molar-refractivity contribution >= 4 is 34.7 Å². The third-order valence-corrected chi connectivity index (χ3v) is 10.5. The summed E-state index contributed by atoms with van der Waals surface area (Å²) in [5.74, 6) is 1.56.